The number of nitrogens with zero attached hydrogens (tertiary/aromatic N) is 2. The van der Waals surface area contributed by atoms with Crippen LogP contribution >= 0.6 is 23.1 Å². The van der Waals surface area contributed by atoms with Crippen LogP contribution < -0.4 is 10.9 Å². The molecule has 2 aromatic heterocycles. The molecule has 0 aliphatic rings. The predicted octanol–water partition coefficient (Wildman–Crippen LogP) is 5.12. The first kappa shape index (κ1) is 20.1. The molecule has 0 aliphatic carbocycles. The lowest BCUT2D eigenvalue weighted by Crippen LogP contribution is -2.24. The van der Waals surface area contributed by atoms with Gasteiger partial charge in [-0.25, -0.2) is 4.98 Å². The van der Waals surface area contributed by atoms with Crippen LogP contribution in [0.4, 0.5) is 5.69 Å². The van der Waals surface area contributed by atoms with Gasteiger partial charge in [0.25, 0.3) is 5.56 Å². The van der Waals surface area contributed by atoms with Crippen molar-refractivity contribution < 1.29 is 4.79 Å². The highest BCUT2D eigenvalue weighted by molar-refractivity contribution is 8.00. The van der Waals surface area contributed by atoms with Crippen LogP contribution in [-0.4, -0.2) is 15.5 Å². The number of anilines is 1. The molecule has 150 valence electrons. The average Bonchev–Trinajstić information content (AvgIpc) is 3.24. The number of benzene rings is 2. The van der Waals surface area contributed by atoms with Crippen molar-refractivity contribution in [1.29, 1.82) is 0 Å². The molecule has 1 unspecified atom stereocenters. The molecule has 1 atom stereocenters. The average molecular weight is 434 g/mol. The first-order valence-electron chi connectivity index (χ1n) is 9.34. The van der Waals surface area contributed by atoms with Crippen LogP contribution in [0.5, 0.6) is 0 Å². The maximum absolute atomic E-state index is 13.2. The van der Waals surface area contributed by atoms with Crippen LogP contribution in [0.2, 0.25) is 0 Å². The zero-order chi connectivity index (χ0) is 20.9. The Hall–Kier alpha value is -3.16. The van der Waals surface area contributed by atoms with E-state index in [9.17, 15) is 9.59 Å². The number of hydrogen-bond donors (Lipinski definition) is 1. The Morgan fingerprint density at radius 3 is 2.53 bits per heavy atom. The summed E-state index contributed by atoms with van der Waals surface area (Å²) in [7, 11) is 0. The smallest absolute Gasteiger partial charge is 0.263 e. The quantitative estimate of drug-likeness (QED) is 0.250. The highest BCUT2D eigenvalue weighted by Crippen LogP contribution is 2.36. The van der Waals surface area contributed by atoms with Crippen LogP contribution in [0.1, 0.15) is 10.8 Å². The van der Waals surface area contributed by atoms with E-state index in [-0.39, 0.29) is 11.5 Å². The lowest BCUT2D eigenvalue weighted by molar-refractivity contribution is -0.115. The van der Waals surface area contributed by atoms with Gasteiger partial charge in [0.05, 0.1) is 5.39 Å². The summed E-state index contributed by atoms with van der Waals surface area (Å²) in [5, 5.41) is 5.31. The molecule has 0 bridgehead atoms. The number of para-hydroxylation sites is 1. The Balaban J connectivity index is 1.75. The van der Waals surface area contributed by atoms with E-state index in [4.69, 9.17) is 0 Å². The van der Waals surface area contributed by atoms with Gasteiger partial charge >= 0.3 is 0 Å². The van der Waals surface area contributed by atoms with E-state index in [1.165, 1.54) is 23.1 Å². The van der Waals surface area contributed by atoms with Gasteiger partial charge in [-0.05, 0) is 29.1 Å². The van der Waals surface area contributed by atoms with E-state index in [1.54, 1.807) is 16.7 Å². The summed E-state index contributed by atoms with van der Waals surface area (Å²) < 4.78 is 1.57. The lowest BCUT2D eigenvalue weighted by Gasteiger charge is -2.18. The summed E-state index contributed by atoms with van der Waals surface area (Å²) in [5.74, 6) is -0.178. The highest BCUT2D eigenvalue weighted by atomic mass is 32.2. The van der Waals surface area contributed by atoms with Crippen molar-refractivity contribution in [2.75, 3.05) is 5.32 Å². The second-order valence-corrected chi connectivity index (χ2v) is 8.47. The molecule has 0 spiro atoms. The largest absolute Gasteiger partial charge is 0.325 e. The number of fused-ring (bicyclic) bond motifs is 1. The third kappa shape index (κ3) is 4.22. The van der Waals surface area contributed by atoms with Gasteiger partial charge in [-0.15, -0.1) is 17.9 Å². The minimum Gasteiger partial charge on any atom is -0.325 e. The Morgan fingerprint density at radius 2 is 1.83 bits per heavy atom. The van der Waals surface area contributed by atoms with E-state index in [1.807, 2.05) is 66.0 Å². The molecule has 0 fully saturated rings. The van der Waals surface area contributed by atoms with Crippen molar-refractivity contribution >= 4 is 44.9 Å². The summed E-state index contributed by atoms with van der Waals surface area (Å²) in [6.45, 7) is 4.08. The van der Waals surface area contributed by atoms with Crippen molar-refractivity contribution in [3.8, 4) is 0 Å². The first-order valence-corrected chi connectivity index (χ1v) is 11.1. The second kappa shape index (κ2) is 9.11. The van der Waals surface area contributed by atoms with Gasteiger partial charge in [-0.2, -0.15) is 0 Å². The fourth-order valence-electron chi connectivity index (χ4n) is 3.05. The van der Waals surface area contributed by atoms with Crippen molar-refractivity contribution in [3.05, 3.63) is 101 Å². The number of rotatable bonds is 7. The van der Waals surface area contributed by atoms with E-state index >= 15 is 0 Å². The molecule has 0 saturated carbocycles. The molecule has 1 amide bonds. The summed E-state index contributed by atoms with van der Waals surface area (Å²) >= 11 is 2.68. The molecule has 4 aromatic rings. The van der Waals surface area contributed by atoms with Crippen molar-refractivity contribution in [1.82, 2.24) is 9.55 Å². The summed E-state index contributed by atoms with van der Waals surface area (Å²) in [4.78, 5) is 31.5. The number of thiophene rings is 1. The monoisotopic (exact) mass is 433 g/mol. The van der Waals surface area contributed by atoms with E-state index < -0.39 is 5.25 Å². The van der Waals surface area contributed by atoms with Crippen LogP contribution in [0.3, 0.4) is 0 Å². The molecular weight excluding hydrogens is 414 g/mol. The van der Waals surface area contributed by atoms with Gasteiger partial charge in [-0.1, -0.05) is 66.4 Å². The Kier molecular flexibility index (Phi) is 6.11. The zero-order valence-corrected chi connectivity index (χ0v) is 17.7. The van der Waals surface area contributed by atoms with Gasteiger partial charge in [0.1, 0.15) is 10.1 Å². The Bertz CT molecular complexity index is 1230. The van der Waals surface area contributed by atoms with Gasteiger partial charge in [0, 0.05) is 12.2 Å². The molecule has 0 aliphatic heterocycles. The predicted molar refractivity (Wildman–Crippen MR) is 124 cm³/mol. The molecule has 7 heteroatoms. The van der Waals surface area contributed by atoms with Crippen LogP contribution in [0.25, 0.3) is 10.2 Å². The van der Waals surface area contributed by atoms with E-state index in [0.29, 0.717) is 27.6 Å². The number of carbonyl (C=O) groups is 1. The number of nitrogens with one attached hydrogen (secondary N) is 1. The van der Waals surface area contributed by atoms with E-state index in [0.717, 1.165) is 5.56 Å². The number of hydrogen-bond acceptors (Lipinski definition) is 5. The Morgan fingerprint density at radius 1 is 1.13 bits per heavy atom. The lowest BCUT2D eigenvalue weighted by atomic mass is 10.1. The van der Waals surface area contributed by atoms with Gasteiger partial charge in [-0.3, -0.25) is 14.2 Å². The van der Waals surface area contributed by atoms with Crippen molar-refractivity contribution in [3.63, 3.8) is 0 Å². The molecule has 30 heavy (non-hydrogen) atoms. The molecule has 2 aromatic carbocycles. The summed E-state index contributed by atoms with van der Waals surface area (Å²) in [6.07, 6.45) is 1.66. The van der Waals surface area contributed by atoms with Crippen LogP contribution in [0, 0.1) is 0 Å². The maximum atomic E-state index is 13.2. The van der Waals surface area contributed by atoms with Crippen LogP contribution in [0.15, 0.2) is 94.7 Å². The SMILES string of the molecule is C=CCn1c(SC(C(=O)Nc2ccccc2)c2ccccc2)nc2sccc2c1=O. The second-order valence-electron chi connectivity index (χ2n) is 6.50. The minimum absolute atomic E-state index is 0.126. The Labute approximate surface area is 182 Å². The normalized spacial score (nSPS) is 11.9. The fourth-order valence-corrected chi connectivity index (χ4v) is 4.96. The molecule has 4 rings (SSSR count). The van der Waals surface area contributed by atoms with Crippen molar-refractivity contribution in [2.24, 2.45) is 0 Å². The van der Waals surface area contributed by atoms with Crippen LogP contribution in [-0.2, 0) is 11.3 Å². The van der Waals surface area contributed by atoms with Gasteiger partial charge in [0.2, 0.25) is 5.91 Å². The number of thioether (sulfide) groups is 1. The fraction of sp³-hybridized carbons (Fsp3) is 0.0870. The highest BCUT2D eigenvalue weighted by Gasteiger charge is 2.25. The molecule has 0 saturated heterocycles. The van der Waals surface area contributed by atoms with Gasteiger partial charge < -0.3 is 5.32 Å². The summed E-state index contributed by atoms with van der Waals surface area (Å²) in [6, 6.07) is 20.6. The first-order chi connectivity index (χ1) is 14.7. The molecule has 1 N–H and O–H groups in total. The summed E-state index contributed by atoms with van der Waals surface area (Å²) in [5.41, 5.74) is 1.43. The topological polar surface area (TPSA) is 64.0 Å². The molecule has 2 heterocycles. The molecular formula is C23H19N3O2S2. The number of aromatic nitrogens is 2. The third-order valence-corrected chi connectivity index (χ3v) is 6.52. The van der Waals surface area contributed by atoms with Gasteiger partial charge in [0.15, 0.2) is 5.16 Å². The number of allylic oxidation sites excluding steroid dienone is 1. The zero-order valence-electron chi connectivity index (χ0n) is 16.0. The maximum Gasteiger partial charge on any atom is 0.263 e. The van der Waals surface area contributed by atoms with Crippen molar-refractivity contribution in [2.45, 2.75) is 17.0 Å². The number of amides is 1. The van der Waals surface area contributed by atoms with E-state index in [2.05, 4.69) is 16.9 Å². The molecule has 5 nitrogen and oxygen atoms in total. The third-order valence-electron chi connectivity index (χ3n) is 4.47. The number of carbonyl (C=O) groups excluding carboxylic acids is 1. The standard InChI is InChI=1S/C23H19N3O2S2/c1-2-14-26-22(28)18-13-15-29-21(18)25-23(26)30-19(16-9-5-3-6-10-16)20(27)24-17-11-7-4-8-12-17/h2-13,15,19H,1,14H2,(H,24,27). The minimum atomic E-state index is -0.577. The molecule has 0 radical (unpaired) electrons.